The lowest BCUT2D eigenvalue weighted by Gasteiger charge is -2.20. The highest BCUT2D eigenvalue weighted by Crippen LogP contribution is 2.35. The number of rotatable bonds is 7. The van der Waals surface area contributed by atoms with E-state index < -0.39 is 0 Å². The molecule has 8 heteroatoms. The largest absolute Gasteiger partial charge is 0.493 e. The van der Waals surface area contributed by atoms with Gasteiger partial charge in [0.25, 0.3) is 0 Å². The number of para-hydroxylation sites is 1. The Balaban J connectivity index is 0.00000272. The topological polar surface area (TPSA) is 73.3 Å². The van der Waals surface area contributed by atoms with Crippen molar-refractivity contribution in [3.63, 3.8) is 0 Å². The zero-order chi connectivity index (χ0) is 20.8. The smallest absolute Gasteiger partial charge is 0.231 e. The molecule has 31 heavy (non-hydrogen) atoms. The number of hydrogen-bond acceptors (Lipinski definition) is 5. The first-order valence-corrected chi connectivity index (χ1v) is 10.4. The summed E-state index contributed by atoms with van der Waals surface area (Å²) in [6.07, 6.45) is 4.92. The van der Waals surface area contributed by atoms with Crippen LogP contribution in [-0.2, 0) is 13.1 Å². The number of nitrogens with one attached hydrogen (secondary N) is 2. The van der Waals surface area contributed by atoms with Gasteiger partial charge in [-0.15, -0.1) is 24.0 Å². The van der Waals surface area contributed by atoms with Gasteiger partial charge in [-0.05, 0) is 49.4 Å². The van der Waals surface area contributed by atoms with Gasteiger partial charge >= 0.3 is 0 Å². The molecule has 1 aliphatic carbocycles. The second-order valence-corrected chi connectivity index (χ2v) is 7.44. The lowest BCUT2D eigenvalue weighted by Crippen LogP contribution is -2.36. The Kier molecular flexibility index (Phi) is 8.51. The van der Waals surface area contributed by atoms with Gasteiger partial charge in [0, 0.05) is 25.7 Å². The molecule has 7 nitrogen and oxygen atoms in total. The standard InChI is InChI=1S/C23H29N3O4.HI/c1-24-23(25-13-16-10-11-19-21(12-16)29-15-28-19)26-14-17-6-5-9-20(27-2)22(17)30-18-7-3-4-8-18;/h5-6,9-12,18H,3-4,7-8,13-15H2,1-2H3,(H2,24,25,26);1H. The number of halogens is 1. The number of nitrogens with zero attached hydrogens (tertiary/aromatic N) is 1. The maximum absolute atomic E-state index is 6.32. The van der Waals surface area contributed by atoms with Crippen molar-refractivity contribution in [1.29, 1.82) is 0 Å². The molecule has 0 amide bonds. The summed E-state index contributed by atoms with van der Waals surface area (Å²) in [5.41, 5.74) is 2.14. The molecule has 0 atom stereocenters. The van der Waals surface area contributed by atoms with Crippen LogP contribution in [0.4, 0.5) is 0 Å². The second-order valence-electron chi connectivity index (χ2n) is 7.44. The summed E-state index contributed by atoms with van der Waals surface area (Å²) in [4.78, 5) is 4.33. The molecule has 4 rings (SSSR count). The van der Waals surface area contributed by atoms with Crippen molar-refractivity contribution in [2.45, 2.75) is 44.9 Å². The van der Waals surface area contributed by atoms with Crippen LogP contribution in [0.3, 0.4) is 0 Å². The van der Waals surface area contributed by atoms with E-state index in [4.69, 9.17) is 18.9 Å². The molecule has 2 aromatic carbocycles. The summed E-state index contributed by atoms with van der Waals surface area (Å²) in [6.45, 7) is 1.49. The van der Waals surface area contributed by atoms with Gasteiger partial charge in [-0.1, -0.05) is 18.2 Å². The number of fused-ring (bicyclic) bond motifs is 1. The van der Waals surface area contributed by atoms with Crippen LogP contribution in [0, 0.1) is 0 Å². The fourth-order valence-corrected chi connectivity index (χ4v) is 3.80. The Morgan fingerprint density at radius 2 is 1.84 bits per heavy atom. The summed E-state index contributed by atoms with van der Waals surface area (Å²) in [5.74, 6) is 3.87. The van der Waals surface area contributed by atoms with Gasteiger partial charge in [-0.25, -0.2) is 0 Å². The van der Waals surface area contributed by atoms with Crippen molar-refractivity contribution in [1.82, 2.24) is 10.6 Å². The Hall–Kier alpha value is -2.36. The Morgan fingerprint density at radius 3 is 2.61 bits per heavy atom. The maximum atomic E-state index is 6.32. The average Bonchev–Trinajstić information content (AvgIpc) is 3.46. The molecule has 1 aliphatic heterocycles. The quantitative estimate of drug-likeness (QED) is 0.312. The normalized spacial score (nSPS) is 15.4. The minimum absolute atomic E-state index is 0. The van der Waals surface area contributed by atoms with E-state index in [0.29, 0.717) is 19.0 Å². The lowest BCUT2D eigenvalue weighted by molar-refractivity contribution is 0.174. The van der Waals surface area contributed by atoms with Crippen LogP contribution in [0.25, 0.3) is 0 Å². The van der Waals surface area contributed by atoms with E-state index in [2.05, 4.69) is 21.7 Å². The van der Waals surface area contributed by atoms with E-state index in [1.54, 1.807) is 14.2 Å². The molecular formula is C23H30IN3O4. The van der Waals surface area contributed by atoms with Crippen LogP contribution in [-0.4, -0.2) is 33.0 Å². The first-order chi connectivity index (χ1) is 14.8. The SMILES string of the molecule is CN=C(NCc1ccc2c(c1)OCO2)NCc1cccc(OC)c1OC1CCCC1.I. The number of aliphatic imine (C=N–C) groups is 1. The van der Waals surface area contributed by atoms with Crippen LogP contribution in [0.1, 0.15) is 36.8 Å². The highest BCUT2D eigenvalue weighted by molar-refractivity contribution is 14.0. The van der Waals surface area contributed by atoms with Crippen molar-refractivity contribution >= 4 is 29.9 Å². The number of ether oxygens (including phenoxy) is 4. The van der Waals surface area contributed by atoms with E-state index in [0.717, 1.165) is 47.0 Å². The molecule has 0 bridgehead atoms. The van der Waals surface area contributed by atoms with Crippen LogP contribution >= 0.6 is 24.0 Å². The minimum Gasteiger partial charge on any atom is -0.493 e. The van der Waals surface area contributed by atoms with E-state index >= 15 is 0 Å². The fourth-order valence-electron chi connectivity index (χ4n) is 3.80. The summed E-state index contributed by atoms with van der Waals surface area (Å²) in [5, 5.41) is 6.71. The van der Waals surface area contributed by atoms with Crippen LogP contribution < -0.4 is 29.6 Å². The molecule has 0 saturated heterocycles. The molecule has 0 radical (unpaired) electrons. The summed E-state index contributed by atoms with van der Waals surface area (Å²) in [6, 6.07) is 11.9. The third-order valence-corrected chi connectivity index (χ3v) is 5.43. The van der Waals surface area contributed by atoms with E-state index in [1.165, 1.54) is 12.8 Å². The van der Waals surface area contributed by atoms with Crippen LogP contribution in [0.15, 0.2) is 41.4 Å². The lowest BCUT2D eigenvalue weighted by atomic mass is 10.1. The van der Waals surface area contributed by atoms with Gasteiger partial charge in [0.05, 0.1) is 13.2 Å². The minimum atomic E-state index is 0. The summed E-state index contributed by atoms with van der Waals surface area (Å²) >= 11 is 0. The highest BCUT2D eigenvalue weighted by atomic mass is 127. The molecule has 0 spiro atoms. The van der Waals surface area contributed by atoms with Gasteiger partial charge in [-0.3, -0.25) is 4.99 Å². The number of methoxy groups -OCH3 is 1. The maximum Gasteiger partial charge on any atom is 0.231 e. The zero-order valence-electron chi connectivity index (χ0n) is 18.0. The first-order valence-electron chi connectivity index (χ1n) is 10.4. The van der Waals surface area contributed by atoms with Crippen LogP contribution in [0.5, 0.6) is 23.0 Å². The average molecular weight is 539 g/mol. The predicted octanol–water partition coefficient (Wildman–Crippen LogP) is 4.23. The van der Waals surface area contributed by atoms with Gasteiger partial charge in [-0.2, -0.15) is 0 Å². The Morgan fingerprint density at radius 1 is 1.06 bits per heavy atom. The molecule has 1 heterocycles. The van der Waals surface area contributed by atoms with Crippen molar-refractivity contribution in [2.24, 2.45) is 4.99 Å². The van der Waals surface area contributed by atoms with Gasteiger partial charge < -0.3 is 29.6 Å². The monoisotopic (exact) mass is 539 g/mol. The van der Waals surface area contributed by atoms with E-state index in [1.807, 2.05) is 30.3 Å². The first kappa shape index (κ1) is 23.3. The third-order valence-electron chi connectivity index (χ3n) is 5.43. The van der Waals surface area contributed by atoms with Crippen molar-refractivity contribution in [3.05, 3.63) is 47.5 Å². The molecular weight excluding hydrogens is 509 g/mol. The van der Waals surface area contributed by atoms with Crippen molar-refractivity contribution < 1.29 is 18.9 Å². The fraction of sp³-hybridized carbons (Fsp3) is 0.435. The molecule has 2 N–H and O–H groups in total. The molecule has 0 aromatic heterocycles. The van der Waals surface area contributed by atoms with E-state index in [9.17, 15) is 0 Å². The summed E-state index contributed by atoms with van der Waals surface area (Å²) in [7, 11) is 3.44. The van der Waals surface area contributed by atoms with Gasteiger partial charge in [0.1, 0.15) is 0 Å². The van der Waals surface area contributed by atoms with Crippen molar-refractivity contribution in [2.75, 3.05) is 21.0 Å². The molecule has 168 valence electrons. The second kappa shape index (κ2) is 11.3. The number of benzene rings is 2. The summed E-state index contributed by atoms with van der Waals surface area (Å²) < 4.78 is 22.7. The predicted molar refractivity (Wildman–Crippen MR) is 131 cm³/mol. The van der Waals surface area contributed by atoms with Crippen LogP contribution in [0.2, 0.25) is 0 Å². The molecule has 1 fully saturated rings. The molecule has 2 aliphatic rings. The zero-order valence-corrected chi connectivity index (χ0v) is 20.3. The number of hydrogen-bond donors (Lipinski definition) is 2. The Labute approximate surface area is 200 Å². The molecule has 0 unspecified atom stereocenters. The number of guanidine groups is 1. The van der Waals surface area contributed by atoms with E-state index in [-0.39, 0.29) is 36.9 Å². The Bertz CT molecular complexity index is 900. The third kappa shape index (κ3) is 5.87. The van der Waals surface area contributed by atoms with Gasteiger partial charge in [0.2, 0.25) is 6.79 Å². The van der Waals surface area contributed by atoms with Crippen molar-refractivity contribution in [3.8, 4) is 23.0 Å². The highest BCUT2D eigenvalue weighted by Gasteiger charge is 2.20. The molecule has 2 aromatic rings. The van der Waals surface area contributed by atoms with Gasteiger partial charge in [0.15, 0.2) is 29.0 Å². The molecule has 1 saturated carbocycles.